The first-order chi connectivity index (χ1) is 18.1. The predicted octanol–water partition coefficient (Wildman–Crippen LogP) is 3.55. The average Bonchev–Trinajstić information content (AvgIpc) is 3.50. The van der Waals surface area contributed by atoms with Crippen molar-refractivity contribution in [2.24, 2.45) is 0 Å². The normalized spacial score (nSPS) is 20.3. The van der Waals surface area contributed by atoms with Crippen molar-refractivity contribution in [2.45, 2.75) is 29.8 Å². The Bertz CT molecular complexity index is 1370. The van der Waals surface area contributed by atoms with Crippen LogP contribution in [-0.4, -0.2) is 67.2 Å². The molecule has 2 unspecified atom stereocenters. The monoisotopic (exact) mass is 521 g/mol. The number of cyclic esters (lactones) is 1. The zero-order valence-electron chi connectivity index (χ0n) is 20.4. The molecule has 0 spiro atoms. The number of rotatable bonds is 8. The maximum atomic E-state index is 12.5. The van der Waals surface area contributed by atoms with Crippen LogP contribution in [0.1, 0.15) is 24.3 Å². The van der Waals surface area contributed by atoms with E-state index in [2.05, 4.69) is 20.6 Å². The smallest absolute Gasteiger partial charge is 0.414 e. The second-order valence-electron chi connectivity index (χ2n) is 9.23. The minimum Gasteiger partial charge on any atom is -0.491 e. The van der Waals surface area contributed by atoms with E-state index in [4.69, 9.17) is 14.2 Å². The molecule has 0 bridgehead atoms. The lowest BCUT2D eigenvalue weighted by molar-refractivity contribution is -0.113. The zero-order valence-corrected chi connectivity index (χ0v) is 21.2. The number of ether oxygens (including phenoxy) is 3. The summed E-state index contributed by atoms with van der Waals surface area (Å²) in [5.41, 5.74) is 4.22. The van der Waals surface area contributed by atoms with Crippen LogP contribution in [0.5, 0.6) is 11.6 Å². The largest absolute Gasteiger partial charge is 0.491 e. The lowest BCUT2D eigenvalue weighted by Crippen LogP contribution is -2.27. The highest BCUT2D eigenvalue weighted by molar-refractivity contribution is 8.00. The zero-order chi connectivity index (χ0) is 25.4. The van der Waals surface area contributed by atoms with E-state index in [9.17, 15) is 9.59 Å². The van der Waals surface area contributed by atoms with Gasteiger partial charge < -0.3 is 24.8 Å². The number of amides is 2. The first kappa shape index (κ1) is 23.8. The van der Waals surface area contributed by atoms with Crippen LogP contribution in [0, 0.1) is 0 Å². The number of aromatic nitrogens is 2. The molecule has 1 saturated heterocycles. The fourth-order valence-electron chi connectivity index (χ4n) is 4.96. The molecule has 0 radical (unpaired) electrons. The molecule has 3 aliphatic rings. The molecule has 2 aromatic heterocycles. The van der Waals surface area contributed by atoms with E-state index < -0.39 is 0 Å². The summed E-state index contributed by atoms with van der Waals surface area (Å²) >= 11 is 1.50. The number of anilines is 2. The van der Waals surface area contributed by atoms with Gasteiger partial charge in [0.05, 0.1) is 43.4 Å². The van der Waals surface area contributed by atoms with Gasteiger partial charge in [0, 0.05) is 28.1 Å². The summed E-state index contributed by atoms with van der Waals surface area (Å²) in [5, 5.41) is 6.35. The Morgan fingerprint density at radius 3 is 3.00 bits per heavy atom. The summed E-state index contributed by atoms with van der Waals surface area (Å²) in [6.45, 7) is 2.61. The number of fused-ring (bicyclic) bond motifs is 4. The topological polar surface area (TPSA) is 115 Å². The minimum absolute atomic E-state index is 0.0314. The summed E-state index contributed by atoms with van der Waals surface area (Å²) in [6, 6.07) is 9.41. The highest BCUT2D eigenvalue weighted by atomic mass is 32.2. The minimum atomic E-state index is -0.358. The van der Waals surface area contributed by atoms with Crippen molar-refractivity contribution in [3.05, 3.63) is 42.1 Å². The van der Waals surface area contributed by atoms with Crippen molar-refractivity contribution in [2.75, 3.05) is 49.3 Å². The first-order valence-electron chi connectivity index (χ1n) is 12.3. The summed E-state index contributed by atoms with van der Waals surface area (Å²) in [5.74, 6) is 1.95. The Hall–Kier alpha value is -3.57. The van der Waals surface area contributed by atoms with E-state index in [0.29, 0.717) is 31.2 Å². The number of benzene rings is 1. The van der Waals surface area contributed by atoms with E-state index in [1.165, 1.54) is 11.8 Å². The molecular formula is C26H27N5O5S. The summed E-state index contributed by atoms with van der Waals surface area (Å²) in [7, 11) is 1.61. The third-order valence-electron chi connectivity index (χ3n) is 6.84. The van der Waals surface area contributed by atoms with Crippen LogP contribution in [0.15, 0.2) is 41.4 Å². The quantitative estimate of drug-likeness (QED) is 0.430. The van der Waals surface area contributed by atoms with Crippen molar-refractivity contribution in [3.8, 4) is 11.6 Å². The SMILES string of the molecule is COc1ccc2ncc3c(c2n1)C(CCNCCC1CN(c2ccc4c(c2)NC(=O)CS4)C(=O)O1)CO3. The van der Waals surface area contributed by atoms with Gasteiger partial charge in [-0.25, -0.2) is 9.78 Å². The van der Waals surface area contributed by atoms with Gasteiger partial charge in [-0.15, -0.1) is 11.8 Å². The fraction of sp³-hybridized carbons (Fsp3) is 0.385. The van der Waals surface area contributed by atoms with E-state index in [-0.39, 0.29) is 24.0 Å². The molecule has 5 heterocycles. The molecule has 6 rings (SSSR count). The summed E-state index contributed by atoms with van der Waals surface area (Å²) < 4.78 is 16.8. The second-order valence-corrected chi connectivity index (χ2v) is 10.2. The Balaban J connectivity index is 1.01. The molecule has 2 N–H and O–H groups in total. The van der Waals surface area contributed by atoms with Crippen molar-refractivity contribution in [3.63, 3.8) is 0 Å². The standard InChI is InChI=1S/C26H27N5O5S/c1-34-23-5-3-18-25(30-23)24-15(13-35-20(24)11-28-18)6-8-27-9-7-17-12-31(26(33)36-17)16-2-4-21-19(10-16)29-22(32)14-37-21/h2-5,10-11,15,17,27H,6-9,12-14H2,1H3,(H,29,32). The number of hydrogen-bond donors (Lipinski definition) is 2. The van der Waals surface area contributed by atoms with Crippen molar-refractivity contribution < 1.29 is 23.8 Å². The Morgan fingerprint density at radius 2 is 2.11 bits per heavy atom. The van der Waals surface area contributed by atoms with E-state index in [0.717, 1.165) is 58.1 Å². The Morgan fingerprint density at radius 1 is 1.22 bits per heavy atom. The predicted molar refractivity (Wildman–Crippen MR) is 140 cm³/mol. The molecule has 37 heavy (non-hydrogen) atoms. The van der Waals surface area contributed by atoms with Gasteiger partial charge in [-0.1, -0.05) is 0 Å². The summed E-state index contributed by atoms with van der Waals surface area (Å²) in [6.07, 6.45) is 2.82. The summed E-state index contributed by atoms with van der Waals surface area (Å²) in [4.78, 5) is 35.9. The highest BCUT2D eigenvalue weighted by Gasteiger charge is 2.33. The molecule has 1 aromatic carbocycles. The van der Waals surface area contributed by atoms with Gasteiger partial charge in [-0.3, -0.25) is 14.7 Å². The molecule has 0 saturated carbocycles. The Kier molecular flexibility index (Phi) is 6.47. The number of carbonyl (C=O) groups excluding carboxylic acids is 2. The lowest BCUT2D eigenvalue weighted by Gasteiger charge is -2.20. The van der Waals surface area contributed by atoms with Crippen molar-refractivity contribution >= 4 is 46.2 Å². The third-order valence-corrected chi connectivity index (χ3v) is 7.92. The number of hydrogen-bond acceptors (Lipinski definition) is 9. The van der Waals surface area contributed by atoms with Gasteiger partial charge in [-0.2, -0.15) is 0 Å². The third kappa shape index (κ3) is 4.76. The molecular weight excluding hydrogens is 494 g/mol. The molecule has 11 heteroatoms. The molecule has 3 aliphatic heterocycles. The second kappa shape index (κ2) is 10.1. The molecule has 2 amide bonds. The average molecular weight is 522 g/mol. The number of pyridine rings is 2. The molecule has 1 fully saturated rings. The number of thioether (sulfide) groups is 1. The van der Waals surface area contributed by atoms with Crippen LogP contribution in [-0.2, 0) is 9.53 Å². The van der Waals surface area contributed by atoms with E-state index in [1.807, 2.05) is 30.3 Å². The molecule has 3 aromatic rings. The van der Waals surface area contributed by atoms with Crippen LogP contribution in [0.4, 0.5) is 16.2 Å². The van der Waals surface area contributed by atoms with E-state index in [1.54, 1.807) is 18.2 Å². The van der Waals surface area contributed by atoms with E-state index >= 15 is 0 Å². The number of nitrogens with one attached hydrogen (secondary N) is 2. The van der Waals surface area contributed by atoms with Gasteiger partial charge in [0.25, 0.3) is 0 Å². The molecule has 2 atom stereocenters. The van der Waals surface area contributed by atoms with Crippen LogP contribution in [0.25, 0.3) is 11.0 Å². The number of carbonyl (C=O) groups is 2. The van der Waals surface area contributed by atoms with Gasteiger partial charge >= 0.3 is 6.09 Å². The lowest BCUT2D eigenvalue weighted by atomic mass is 9.97. The van der Waals surface area contributed by atoms with Gasteiger partial charge in [-0.05, 0) is 50.2 Å². The van der Waals surface area contributed by atoms with Crippen molar-refractivity contribution in [1.29, 1.82) is 0 Å². The van der Waals surface area contributed by atoms with Crippen LogP contribution < -0.4 is 25.0 Å². The maximum absolute atomic E-state index is 12.5. The molecule has 0 aliphatic carbocycles. The number of nitrogens with zero attached hydrogens (tertiary/aromatic N) is 3. The Labute approximate surface area is 218 Å². The fourth-order valence-corrected chi connectivity index (χ4v) is 5.75. The maximum Gasteiger partial charge on any atom is 0.414 e. The van der Waals surface area contributed by atoms with Gasteiger partial charge in [0.1, 0.15) is 17.4 Å². The van der Waals surface area contributed by atoms with Crippen LogP contribution in [0.2, 0.25) is 0 Å². The number of methoxy groups -OCH3 is 1. The van der Waals surface area contributed by atoms with Crippen LogP contribution >= 0.6 is 11.8 Å². The van der Waals surface area contributed by atoms with Gasteiger partial charge in [0.15, 0.2) is 0 Å². The van der Waals surface area contributed by atoms with Gasteiger partial charge in [0.2, 0.25) is 11.8 Å². The van der Waals surface area contributed by atoms with Crippen molar-refractivity contribution in [1.82, 2.24) is 15.3 Å². The van der Waals surface area contributed by atoms with Crippen LogP contribution in [0.3, 0.4) is 0 Å². The first-order valence-corrected chi connectivity index (χ1v) is 13.3. The molecule has 10 nitrogen and oxygen atoms in total. The highest BCUT2D eigenvalue weighted by Crippen LogP contribution is 2.40. The molecule has 192 valence electrons.